The second-order valence-corrected chi connectivity index (χ2v) is 8.24. The first kappa shape index (κ1) is 15.3. The minimum absolute atomic E-state index is 0.0731. The highest BCUT2D eigenvalue weighted by Gasteiger charge is 2.56. The maximum Gasteiger partial charge on any atom is 0.0760 e. The van der Waals surface area contributed by atoms with Crippen LogP contribution in [0.1, 0.15) is 48.0 Å². The van der Waals surface area contributed by atoms with Gasteiger partial charge in [0.05, 0.1) is 11.2 Å². The van der Waals surface area contributed by atoms with Crippen LogP contribution in [0, 0.1) is 17.3 Å². The van der Waals surface area contributed by atoms with Crippen LogP contribution in [0.4, 0.5) is 0 Å². The molecular formula is C16H31NO2. The van der Waals surface area contributed by atoms with Gasteiger partial charge in [-0.3, -0.25) is 4.90 Å². The summed E-state index contributed by atoms with van der Waals surface area (Å²) in [6.45, 7) is 16.6. The third-order valence-corrected chi connectivity index (χ3v) is 4.96. The van der Waals surface area contributed by atoms with E-state index in [9.17, 15) is 5.11 Å². The van der Waals surface area contributed by atoms with Crippen LogP contribution in [0.2, 0.25) is 0 Å². The Labute approximate surface area is 118 Å². The van der Waals surface area contributed by atoms with E-state index in [-0.39, 0.29) is 16.6 Å². The molecular weight excluding hydrogens is 238 g/mol. The molecule has 1 heterocycles. The Hall–Kier alpha value is -0.120. The number of ether oxygens (including phenoxy) is 1. The lowest BCUT2D eigenvalue weighted by Gasteiger charge is -2.47. The van der Waals surface area contributed by atoms with E-state index in [0.717, 1.165) is 19.6 Å². The number of morpholine rings is 1. The van der Waals surface area contributed by atoms with Crippen molar-refractivity contribution in [3.05, 3.63) is 0 Å². The number of hydrogen-bond acceptors (Lipinski definition) is 3. The molecule has 0 aromatic carbocycles. The lowest BCUT2D eigenvalue weighted by molar-refractivity contribution is -0.181. The normalized spacial score (nSPS) is 37.6. The average Bonchev–Trinajstić information content (AvgIpc) is 2.87. The van der Waals surface area contributed by atoms with E-state index < -0.39 is 0 Å². The zero-order valence-electron chi connectivity index (χ0n) is 13.5. The molecule has 0 aromatic heterocycles. The largest absolute Gasteiger partial charge is 0.396 e. The minimum Gasteiger partial charge on any atom is -0.396 e. The van der Waals surface area contributed by atoms with Crippen LogP contribution in [0.3, 0.4) is 0 Å². The summed E-state index contributed by atoms with van der Waals surface area (Å²) in [4.78, 5) is 2.54. The standard InChI is InChI=1S/C16H31NO2/c1-12(2)16(11-18)7-13(16)8-17-9-14(3,4)19-15(5,6)10-17/h12-13,18H,7-11H2,1-6H3. The molecule has 2 aliphatic rings. The lowest BCUT2D eigenvalue weighted by atomic mass is 9.90. The summed E-state index contributed by atoms with van der Waals surface area (Å²) < 4.78 is 6.13. The van der Waals surface area contributed by atoms with Gasteiger partial charge in [0, 0.05) is 31.7 Å². The monoisotopic (exact) mass is 269 g/mol. The van der Waals surface area contributed by atoms with Crippen molar-refractivity contribution in [2.45, 2.75) is 59.2 Å². The van der Waals surface area contributed by atoms with Crippen LogP contribution in [-0.2, 0) is 4.74 Å². The second kappa shape index (κ2) is 4.71. The topological polar surface area (TPSA) is 32.7 Å². The van der Waals surface area contributed by atoms with Gasteiger partial charge in [-0.1, -0.05) is 13.8 Å². The zero-order chi connectivity index (χ0) is 14.5. The number of aliphatic hydroxyl groups is 1. The molecule has 2 fully saturated rings. The van der Waals surface area contributed by atoms with Crippen molar-refractivity contribution >= 4 is 0 Å². The molecule has 2 unspecified atom stereocenters. The predicted molar refractivity (Wildman–Crippen MR) is 78.1 cm³/mol. The van der Waals surface area contributed by atoms with E-state index in [0.29, 0.717) is 18.4 Å². The highest BCUT2D eigenvalue weighted by Crippen LogP contribution is 2.57. The quantitative estimate of drug-likeness (QED) is 0.851. The molecule has 1 aliphatic heterocycles. The van der Waals surface area contributed by atoms with Crippen molar-refractivity contribution in [3.8, 4) is 0 Å². The first-order valence-corrected chi connectivity index (χ1v) is 7.64. The Morgan fingerprint density at radius 3 is 2.05 bits per heavy atom. The molecule has 112 valence electrons. The zero-order valence-corrected chi connectivity index (χ0v) is 13.5. The molecule has 1 saturated carbocycles. The fraction of sp³-hybridized carbons (Fsp3) is 1.00. The minimum atomic E-state index is -0.0731. The Morgan fingerprint density at radius 2 is 1.68 bits per heavy atom. The van der Waals surface area contributed by atoms with Gasteiger partial charge < -0.3 is 9.84 Å². The van der Waals surface area contributed by atoms with Crippen molar-refractivity contribution < 1.29 is 9.84 Å². The van der Waals surface area contributed by atoms with Crippen LogP contribution in [0.15, 0.2) is 0 Å². The summed E-state index contributed by atoms with van der Waals surface area (Å²) >= 11 is 0. The molecule has 2 rings (SSSR count). The Morgan fingerprint density at radius 1 is 1.16 bits per heavy atom. The molecule has 3 nitrogen and oxygen atoms in total. The van der Waals surface area contributed by atoms with Gasteiger partial charge in [0.25, 0.3) is 0 Å². The van der Waals surface area contributed by atoms with Crippen molar-refractivity contribution in [1.82, 2.24) is 4.90 Å². The first-order chi connectivity index (χ1) is 8.60. The van der Waals surface area contributed by atoms with Gasteiger partial charge >= 0.3 is 0 Å². The second-order valence-electron chi connectivity index (χ2n) is 8.24. The van der Waals surface area contributed by atoms with Gasteiger partial charge in [0.1, 0.15) is 0 Å². The third-order valence-electron chi connectivity index (χ3n) is 4.96. The Bertz CT molecular complexity index is 322. The van der Waals surface area contributed by atoms with Crippen molar-refractivity contribution in [1.29, 1.82) is 0 Å². The van der Waals surface area contributed by atoms with E-state index in [2.05, 4.69) is 46.4 Å². The summed E-state index contributed by atoms with van der Waals surface area (Å²) in [6, 6.07) is 0. The first-order valence-electron chi connectivity index (χ1n) is 7.64. The maximum absolute atomic E-state index is 9.69. The van der Waals surface area contributed by atoms with Crippen LogP contribution in [0.25, 0.3) is 0 Å². The number of hydrogen-bond donors (Lipinski definition) is 1. The number of rotatable bonds is 4. The summed E-state index contributed by atoms with van der Waals surface area (Å²) in [5, 5.41) is 9.69. The van der Waals surface area contributed by atoms with Crippen molar-refractivity contribution in [2.24, 2.45) is 17.3 Å². The lowest BCUT2D eigenvalue weighted by Crippen LogP contribution is -2.57. The van der Waals surface area contributed by atoms with Crippen LogP contribution >= 0.6 is 0 Å². The highest BCUT2D eigenvalue weighted by molar-refractivity contribution is 5.06. The molecule has 1 saturated heterocycles. The predicted octanol–water partition coefficient (Wildman–Crippen LogP) is 2.53. The molecule has 0 radical (unpaired) electrons. The molecule has 0 amide bonds. The fourth-order valence-electron chi connectivity index (χ4n) is 4.12. The van der Waals surface area contributed by atoms with Crippen LogP contribution in [0.5, 0.6) is 0 Å². The molecule has 0 aromatic rings. The molecule has 1 aliphatic carbocycles. The van der Waals surface area contributed by atoms with Crippen molar-refractivity contribution in [3.63, 3.8) is 0 Å². The van der Waals surface area contributed by atoms with E-state index in [1.165, 1.54) is 6.42 Å². The van der Waals surface area contributed by atoms with E-state index in [4.69, 9.17) is 4.74 Å². The Balaban J connectivity index is 1.97. The Kier molecular flexibility index (Phi) is 3.79. The summed E-state index contributed by atoms with van der Waals surface area (Å²) in [5.41, 5.74) is 0.0410. The maximum atomic E-state index is 9.69. The molecule has 19 heavy (non-hydrogen) atoms. The molecule has 0 spiro atoms. The van der Waals surface area contributed by atoms with E-state index >= 15 is 0 Å². The van der Waals surface area contributed by atoms with Gasteiger partial charge in [0.15, 0.2) is 0 Å². The van der Waals surface area contributed by atoms with Gasteiger partial charge in [-0.2, -0.15) is 0 Å². The molecule has 3 heteroatoms. The van der Waals surface area contributed by atoms with Gasteiger partial charge in [-0.25, -0.2) is 0 Å². The summed E-state index contributed by atoms with van der Waals surface area (Å²) in [5.74, 6) is 1.23. The van der Waals surface area contributed by atoms with Crippen LogP contribution in [-0.4, -0.2) is 47.4 Å². The highest BCUT2D eigenvalue weighted by atomic mass is 16.5. The third kappa shape index (κ3) is 3.14. The van der Waals surface area contributed by atoms with Gasteiger partial charge in [-0.15, -0.1) is 0 Å². The number of nitrogens with zero attached hydrogens (tertiary/aromatic N) is 1. The molecule has 0 bridgehead atoms. The summed E-state index contributed by atoms with van der Waals surface area (Å²) in [7, 11) is 0. The van der Waals surface area contributed by atoms with E-state index in [1.54, 1.807) is 0 Å². The smallest absolute Gasteiger partial charge is 0.0760 e. The fourth-order valence-corrected chi connectivity index (χ4v) is 4.12. The van der Waals surface area contributed by atoms with Crippen LogP contribution < -0.4 is 0 Å². The van der Waals surface area contributed by atoms with Gasteiger partial charge in [-0.05, 0) is 46.0 Å². The SMILES string of the molecule is CC(C)C1(CO)CC1CN1CC(C)(C)OC(C)(C)C1. The molecule has 1 N–H and O–H groups in total. The molecule has 2 atom stereocenters. The van der Waals surface area contributed by atoms with E-state index in [1.807, 2.05) is 0 Å². The average molecular weight is 269 g/mol. The van der Waals surface area contributed by atoms with Crippen molar-refractivity contribution in [2.75, 3.05) is 26.2 Å². The summed E-state index contributed by atoms with van der Waals surface area (Å²) in [6.07, 6.45) is 1.18. The number of aliphatic hydroxyl groups excluding tert-OH is 1. The van der Waals surface area contributed by atoms with Gasteiger partial charge in [0.2, 0.25) is 0 Å².